The van der Waals surface area contributed by atoms with Crippen LogP contribution >= 0.6 is 0 Å². The molecule has 1 aromatic carbocycles. The molecule has 0 saturated heterocycles. The molecule has 16 heavy (non-hydrogen) atoms. The number of aryl methyl sites for hydroxylation is 1. The summed E-state index contributed by atoms with van der Waals surface area (Å²) in [4.78, 5) is 11.9. The number of hydrogen-bond donors (Lipinski definition) is 1. The van der Waals surface area contributed by atoms with Crippen molar-refractivity contribution in [1.29, 1.82) is 0 Å². The number of benzene rings is 1. The highest BCUT2D eigenvalue weighted by Gasteiger charge is 2.13. The van der Waals surface area contributed by atoms with E-state index < -0.39 is 0 Å². The normalized spacial score (nSPS) is 10.9. The highest BCUT2D eigenvalue weighted by atomic mass is 16.1. The molecular weight excluding hydrogens is 198 g/mol. The molecule has 0 amide bonds. The molecule has 0 aromatic heterocycles. The summed E-state index contributed by atoms with van der Waals surface area (Å²) in [7, 11) is 0. The number of ketones is 1. The van der Waals surface area contributed by atoms with E-state index in [9.17, 15) is 4.79 Å². The van der Waals surface area contributed by atoms with Gasteiger partial charge in [-0.2, -0.15) is 0 Å². The van der Waals surface area contributed by atoms with Crippen molar-refractivity contribution in [2.45, 2.75) is 40.7 Å². The minimum atomic E-state index is 0.0580. The Balaban J connectivity index is 2.96. The second-order valence-corrected chi connectivity index (χ2v) is 4.85. The van der Waals surface area contributed by atoms with Crippen molar-refractivity contribution in [3.05, 3.63) is 29.3 Å². The Kier molecular flexibility index (Phi) is 4.11. The number of nitrogens with one attached hydrogen (secondary N) is 1. The van der Waals surface area contributed by atoms with Crippen molar-refractivity contribution in [2.75, 3.05) is 5.32 Å². The van der Waals surface area contributed by atoms with Crippen molar-refractivity contribution >= 4 is 11.5 Å². The van der Waals surface area contributed by atoms with Crippen molar-refractivity contribution in [1.82, 2.24) is 0 Å². The summed E-state index contributed by atoms with van der Waals surface area (Å²) < 4.78 is 0. The van der Waals surface area contributed by atoms with Gasteiger partial charge in [-0.25, -0.2) is 0 Å². The van der Waals surface area contributed by atoms with Crippen LogP contribution in [0.25, 0.3) is 0 Å². The minimum Gasteiger partial charge on any atom is -0.383 e. The van der Waals surface area contributed by atoms with Crippen LogP contribution in [0, 0.1) is 12.8 Å². The summed E-state index contributed by atoms with van der Waals surface area (Å²) in [6.07, 6.45) is 0. The lowest BCUT2D eigenvalue weighted by atomic mass is 9.97. The Morgan fingerprint density at radius 1 is 1.19 bits per heavy atom. The number of carbonyl (C=O) groups excluding carboxylic acids is 1. The number of rotatable bonds is 4. The first-order valence-electron chi connectivity index (χ1n) is 5.83. The van der Waals surface area contributed by atoms with Gasteiger partial charge in [-0.3, -0.25) is 4.79 Å². The molecule has 1 rings (SSSR count). The molecule has 0 saturated carbocycles. The number of Topliss-reactive ketones (excluding diaryl/α,β-unsaturated/α-hetero) is 1. The zero-order valence-corrected chi connectivity index (χ0v) is 10.8. The van der Waals surface area contributed by atoms with Gasteiger partial charge in [-0.15, -0.1) is 0 Å². The summed E-state index contributed by atoms with van der Waals surface area (Å²) >= 11 is 0. The van der Waals surface area contributed by atoms with Crippen LogP contribution < -0.4 is 5.32 Å². The summed E-state index contributed by atoms with van der Waals surface area (Å²) in [5.41, 5.74) is 2.96. The van der Waals surface area contributed by atoms with Crippen LogP contribution in [0.3, 0.4) is 0 Å². The van der Waals surface area contributed by atoms with Gasteiger partial charge in [0.15, 0.2) is 5.78 Å². The molecule has 0 radical (unpaired) electrons. The first-order chi connectivity index (χ1) is 7.41. The standard InChI is InChI=1S/C14H21NO/c1-9(2)14(16)13-7-6-12(8-11(13)5)15-10(3)4/h6-10,15H,1-5H3. The second kappa shape index (κ2) is 5.15. The first-order valence-corrected chi connectivity index (χ1v) is 5.83. The molecule has 2 nitrogen and oxygen atoms in total. The fourth-order valence-corrected chi connectivity index (χ4v) is 1.67. The van der Waals surface area contributed by atoms with Crippen LogP contribution in [-0.2, 0) is 0 Å². The smallest absolute Gasteiger partial charge is 0.165 e. The lowest BCUT2D eigenvalue weighted by molar-refractivity contribution is 0.0939. The van der Waals surface area contributed by atoms with Crippen LogP contribution in [0.1, 0.15) is 43.6 Å². The number of carbonyl (C=O) groups is 1. The maximum Gasteiger partial charge on any atom is 0.165 e. The summed E-state index contributed by atoms with van der Waals surface area (Å²) in [6, 6.07) is 6.34. The van der Waals surface area contributed by atoms with Gasteiger partial charge < -0.3 is 5.32 Å². The van der Waals surface area contributed by atoms with Crippen LogP contribution in [0.15, 0.2) is 18.2 Å². The topological polar surface area (TPSA) is 29.1 Å². The van der Waals surface area contributed by atoms with E-state index in [0.717, 1.165) is 16.8 Å². The van der Waals surface area contributed by atoms with Gasteiger partial charge in [-0.05, 0) is 44.5 Å². The van der Waals surface area contributed by atoms with Crippen LogP contribution in [0.2, 0.25) is 0 Å². The molecule has 0 aliphatic carbocycles. The molecule has 1 N–H and O–H groups in total. The Bertz CT molecular complexity index is 380. The monoisotopic (exact) mass is 219 g/mol. The molecule has 0 heterocycles. The Morgan fingerprint density at radius 3 is 2.25 bits per heavy atom. The molecule has 1 aromatic rings. The van der Waals surface area contributed by atoms with Gasteiger partial charge in [0, 0.05) is 23.2 Å². The van der Waals surface area contributed by atoms with Crippen molar-refractivity contribution in [3.8, 4) is 0 Å². The quantitative estimate of drug-likeness (QED) is 0.783. The minimum absolute atomic E-state index is 0.0580. The lowest BCUT2D eigenvalue weighted by Crippen LogP contribution is -2.12. The largest absolute Gasteiger partial charge is 0.383 e. The molecule has 0 aliphatic heterocycles. The number of hydrogen-bond acceptors (Lipinski definition) is 2. The van der Waals surface area contributed by atoms with Crippen LogP contribution in [-0.4, -0.2) is 11.8 Å². The fraction of sp³-hybridized carbons (Fsp3) is 0.500. The SMILES string of the molecule is Cc1cc(NC(C)C)ccc1C(=O)C(C)C. The summed E-state index contributed by atoms with van der Waals surface area (Å²) in [5.74, 6) is 0.274. The zero-order chi connectivity index (χ0) is 12.3. The highest BCUT2D eigenvalue weighted by molar-refractivity contribution is 5.99. The Morgan fingerprint density at radius 2 is 1.81 bits per heavy atom. The molecule has 88 valence electrons. The average molecular weight is 219 g/mol. The van der Waals surface area contributed by atoms with E-state index in [-0.39, 0.29) is 11.7 Å². The third-order valence-corrected chi connectivity index (χ3v) is 2.47. The summed E-state index contributed by atoms with van der Waals surface area (Å²) in [5, 5.41) is 3.33. The average Bonchev–Trinajstić information content (AvgIpc) is 2.15. The molecule has 0 bridgehead atoms. The lowest BCUT2D eigenvalue weighted by Gasteiger charge is -2.13. The van der Waals surface area contributed by atoms with E-state index in [4.69, 9.17) is 0 Å². The molecule has 0 fully saturated rings. The first kappa shape index (κ1) is 12.8. The van der Waals surface area contributed by atoms with E-state index in [1.54, 1.807) is 0 Å². The van der Waals surface area contributed by atoms with Gasteiger partial charge in [0.1, 0.15) is 0 Å². The van der Waals surface area contributed by atoms with Crippen molar-refractivity contribution in [2.24, 2.45) is 5.92 Å². The maximum atomic E-state index is 11.9. The van der Waals surface area contributed by atoms with E-state index in [1.165, 1.54) is 0 Å². The third-order valence-electron chi connectivity index (χ3n) is 2.47. The van der Waals surface area contributed by atoms with Gasteiger partial charge in [0.05, 0.1) is 0 Å². The zero-order valence-electron chi connectivity index (χ0n) is 10.8. The van der Waals surface area contributed by atoms with Crippen molar-refractivity contribution < 1.29 is 4.79 Å². The summed E-state index contributed by atoms with van der Waals surface area (Å²) in [6.45, 7) is 10.1. The molecule has 2 heteroatoms. The van der Waals surface area contributed by atoms with Crippen molar-refractivity contribution in [3.63, 3.8) is 0 Å². The van der Waals surface area contributed by atoms with Gasteiger partial charge in [-0.1, -0.05) is 13.8 Å². The number of anilines is 1. The second-order valence-electron chi connectivity index (χ2n) is 4.85. The molecular formula is C14H21NO. The van der Waals surface area contributed by atoms with Crippen LogP contribution in [0.5, 0.6) is 0 Å². The Labute approximate surface area is 98.1 Å². The Hall–Kier alpha value is -1.31. The molecule has 0 aliphatic rings. The highest BCUT2D eigenvalue weighted by Crippen LogP contribution is 2.18. The maximum absolute atomic E-state index is 11.9. The van der Waals surface area contributed by atoms with Crippen LogP contribution in [0.4, 0.5) is 5.69 Å². The van der Waals surface area contributed by atoms with Gasteiger partial charge >= 0.3 is 0 Å². The molecule has 0 unspecified atom stereocenters. The van der Waals surface area contributed by atoms with Gasteiger partial charge in [0.25, 0.3) is 0 Å². The van der Waals surface area contributed by atoms with E-state index in [0.29, 0.717) is 6.04 Å². The molecule has 0 atom stereocenters. The van der Waals surface area contributed by atoms with E-state index in [1.807, 2.05) is 39.0 Å². The van der Waals surface area contributed by atoms with E-state index >= 15 is 0 Å². The predicted octanol–water partition coefficient (Wildman–Crippen LogP) is 3.65. The third kappa shape index (κ3) is 3.09. The van der Waals surface area contributed by atoms with Gasteiger partial charge in [0.2, 0.25) is 0 Å². The fourth-order valence-electron chi connectivity index (χ4n) is 1.67. The molecule has 0 spiro atoms. The van der Waals surface area contributed by atoms with E-state index in [2.05, 4.69) is 19.2 Å². The predicted molar refractivity (Wildman–Crippen MR) is 69.1 cm³/mol.